The van der Waals surface area contributed by atoms with Crippen molar-refractivity contribution in [2.24, 2.45) is 5.92 Å². The first-order valence-electron chi connectivity index (χ1n) is 10.2. The van der Waals surface area contributed by atoms with Crippen molar-refractivity contribution in [3.05, 3.63) is 59.0 Å². The fourth-order valence-corrected chi connectivity index (χ4v) is 3.76. The SMILES string of the molecule is CC(=O)N1CCC(C(=O)Nc2cc3c(/C=C/c4ccc(F)c(F)c4)n[nH]c3cc2F)CC1. The highest BCUT2D eigenvalue weighted by Gasteiger charge is 2.26. The number of likely N-dealkylation sites (tertiary alicyclic amines) is 1. The monoisotopic (exact) mass is 442 g/mol. The number of piperidine rings is 1. The normalized spacial score (nSPS) is 14.9. The number of carbonyl (C=O) groups is 2. The van der Waals surface area contributed by atoms with Gasteiger partial charge >= 0.3 is 0 Å². The van der Waals surface area contributed by atoms with E-state index in [-0.39, 0.29) is 23.4 Å². The lowest BCUT2D eigenvalue weighted by Crippen LogP contribution is -2.40. The molecule has 1 aliphatic rings. The number of carbonyl (C=O) groups excluding carboxylic acids is 2. The molecule has 6 nitrogen and oxygen atoms in total. The summed E-state index contributed by atoms with van der Waals surface area (Å²) in [4.78, 5) is 25.8. The molecule has 0 spiro atoms. The van der Waals surface area contributed by atoms with E-state index in [0.29, 0.717) is 48.1 Å². The molecule has 1 fully saturated rings. The molecular weight excluding hydrogens is 421 g/mol. The predicted molar refractivity (Wildman–Crippen MR) is 115 cm³/mol. The number of halogens is 3. The molecule has 4 rings (SSSR count). The minimum Gasteiger partial charge on any atom is -0.343 e. The molecule has 0 bridgehead atoms. The lowest BCUT2D eigenvalue weighted by molar-refractivity contribution is -0.132. The summed E-state index contributed by atoms with van der Waals surface area (Å²) in [6.45, 7) is 2.49. The van der Waals surface area contributed by atoms with Crippen molar-refractivity contribution in [2.75, 3.05) is 18.4 Å². The lowest BCUT2D eigenvalue weighted by Gasteiger charge is -2.30. The maximum absolute atomic E-state index is 14.5. The van der Waals surface area contributed by atoms with E-state index < -0.39 is 17.5 Å². The first-order valence-corrected chi connectivity index (χ1v) is 10.2. The maximum Gasteiger partial charge on any atom is 0.227 e. The summed E-state index contributed by atoms with van der Waals surface area (Å²) in [5.74, 6) is -3.13. The van der Waals surface area contributed by atoms with Crippen molar-refractivity contribution >= 4 is 40.6 Å². The maximum atomic E-state index is 14.5. The number of amides is 2. The molecule has 0 saturated carbocycles. The quantitative estimate of drug-likeness (QED) is 0.631. The van der Waals surface area contributed by atoms with Gasteiger partial charge < -0.3 is 10.2 Å². The van der Waals surface area contributed by atoms with Crippen LogP contribution in [-0.2, 0) is 9.59 Å². The van der Waals surface area contributed by atoms with Gasteiger partial charge in [0.15, 0.2) is 11.6 Å². The Morgan fingerprint density at radius 2 is 1.81 bits per heavy atom. The number of aromatic nitrogens is 2. The Kier molecular flexibility index (Phi) is 5.98. The molecule has 1 saturated heterocycles. The largest absolute Gasteiger partial charge is 0.343 e. The van der Waals surface area contributed by atoms with E-state index in [0.717, 1.165) is 12.1 Å². The van der Waals surface area contributed by atoms with Crippen LogP contribution < -0.4 is 5.32 Å². The van der Waals surface area contributed by atoms with E-state index >= 15 is 0 Å². The molecule has 2 aromatic carbocycles. The van der Waals surface area contributed by atoms with E-state index in [2.05, 4.69) is 15.5 Å². The number of hydrogen-bond acceptors (Lipinski definition) is 3. The number of aromatic amines is 1. The third-order valence-corrected chi connectivity index (χ3v) is 5.63. The number of H-pyrrole nitrogens is 1. The highest BCUT2D eigenvalue weighted by molar-refractivity contribution is 5.97. The van der Waals surface area contributed by atoms with Crippen LogP contribution in [0.2, 0.25) is 0 Å². The van der Waals surface area contributed by atoms with Crippen molar-refractivity contribution < 1.29 is 22.8 Å². The second-order valence-corrected chi connectivity index (χ2v) is 7.76. The van der Waals surface area contributed by atoms with Gasteiger partial charge in [0.1, 0.15) is 5.82 Å². The number of anilines is 1. The van der Waals surface area contributed by atoms with E-state index in [1.807, 2.05) is 0 Å². The summed E-state index contributed by atoms with van der Waals surface area (Å²) >= 11 is 0. The zero-order valence-electron chi connectivity index (χ0n) is 17.3. The smallest absolute Gasteiger partial charge is 0.227 e. The van der Waals surface area contributed by atoms with E-state index in [9.17, 15) is 22.8 Å². The number of nitrogens with zero attached hydrogens (tertiary/aromatic N) is 2. The fraction of sp³-hybridized carbons (Fsp3) is 0.261. The fourth-order valence-electron chi connectivity index (χ4n) is 3.76. The zero-order chi connectivity index (χ0) is 22.8. The molecule has 2 amide bonds. The van der Waals surface area contributed by atoms with Crippen molar-refractivity contribution in [2.45, 2.75) is 19.8 Å². The molecule has 2 heterocycles. The Balaban J connectivity index is 1.52. The Morgan fingerprint density at radius 3 is 2.50 bits per heavy atom. The van der Waals surface area contributed by atoms with E-state index in [1.165, 1.54) is 25.1 Å². The van der Waals surface area contributed by atoms with Crippen molar-refractivity contribution in [3.8, 4) is 0 Å². The van der Waals surface area contributed by atoms with Gasteiger partial charge in [0.2, 0.25) is 11.8 Å². The van der Waals surface area contributed by atoms with Crippen LogP contribution >= 0.6 is 0 Å². The third-order valence-electron chi connectivity index (χ3n) is 5.63. The molecule has 0 atom stereocenters. The van der Waals surface area contributed by atoms with Gasteiger partial charge in [-0.25, -0.2) is 13.2 Å². The molecule has 166 valence electrons. The van der Waals surface area contributed by atoms with Crippen LogP contribution in [0, 0.1) is 23.4 Å². The van der Waals surface area contributed by atoms with Gasteiger partial charge in [0.05, 0.1) is 16.9 Å². The average Bonchev–Trinajstić information content (AvgIpc) is 3.16. The highest BCUT2D eigenvalue weighted by atomic mass is 19.2. The molecule has 1 aromatic heterocycles. The molecule has 0 aliphatic carbocycles. The van der Waals surface area contributed by atoms with Gasteiger partial charge in [0, 0.05) is 37.4 Å². The van der Waals surface area contributed by atoms with Gasteiger partial charge in [-0.05, 0) is 42.7 Å². The molecule has 2 N–H and O–H groups in total. The van der Waals surface area contributed by atoms with Gasteiger partial charge in [-0.3, -0.25) is 14.7 Å². The molecule has 1 aliphatic heterocycles. The summed E-state index contributed by atoms with van der Waals surface area (Å²) in [6, 6.07) is 6.24. The number of benzene rings is 2. The van der Waals surface area contributed by atoms with Crippen molar-refractivity contribution in [1.82, 2.24) is 15.1 Å². The Hall–Kier alpha value is -3.62. The Morgan fingerprint density at radius 1 is 1.06 bits per heavy atom. The first-order chi connectivity index (χ1) is 15.3. The molecule has 0 radical (unpaired) electrons. The summed E-state index contributed by atoms with van der Waals surface area (Å²) in [7, 11) is 0. The topological polar surface area (TPSA) is 78.1 Å². The molecule has 32 heavy (non-hydrogen) atoms. The third kappa shape index (κ3) is 4.51. The second kappa shape index (κ2) is 8.86. The summed E-state index contributed by atoms with van der Waals surface area (Å²) < 4.78 is 41.0. The van der Waals surface area contributed by atoms with E-state index in [1.54, 1.807) is 17.1 Å². The lowest BCUT2D eigenvalue weighted by atomic mass is 9.95. The van der Waals surface area contributed by atoms with Crippen LogP contribution in [0.4, 0.5) is 18.9 Å². The van der Waals surface area contributed by atoms with Crippen LogP contribution in [0.5, 0.6) is 0 Å². The van der Waals surface area contributed by atoms with Crippen LogP contribution in [0.25, 0.3) is 23.1 Å². The number of rotatable bonds is 4. The summed E-state index contributed by atoms with van der Waals surface area (Å²) in [6.07, 6.45) is 4.18. The van der Waals surface area contributed by atoms with Gasteiger partial charge in [0.25, 0.3) is 0 Å². The Bertz CT molecular complexity index is 1210. The van der Waals surface area contributed by atoms with Gasteiger partial charge in [-0.2, -0.15) is 5.10 Å². The summed E-state index contributed by atoms with van der Waals surface area (Å²) in [5, 5.41) is 10.1. The second-order valence-electron chi connectivity index (χ2n) is 7.76. The number of hydrogen-bond donors (Lipinski definition) is 2. The highest BCUT2D eigenvalue weighted by Crippen LogP contribution is 2.27. The molecule has 3 aromatic rings. The van der Waals surface area contributed by atoms with Crippen molar-refractivity contribution in [1.29, 1.82) is 0 Å². The van der Waals surface area contributed by atoms with Crippen molar-refractivity contribution in [3.63, 3.8) is 0 Å². The summed E-state index contributed by atoms with van der Waals surface area (Å²) in [5.41, 5.74) is 1.35. The molecule has 0 unspecified atom stereocenters. The zero-order valence-corrected chi connectivity index (χ0v) is 17.3. The van der Waals surface area contributed by atoms with Crippen LogP contribution in [0.3, 0.4) is 0 Å². The molecular formula is C23H21F3N4O2. The van der Waals surface area contributed by atoms with Gasteiger partial charge in [-0.15, -0.1) is 0 Å². The Labute approximate surface area is 182 Å². The van der Waals surface area contributed by atoms with Gasteiger partial charge in [-0.1, -0.05) is 12.1 Å². The minimum absolute atomic E-state index is 0.0238. The average molecular weight is 442 g/mol. The number of fused-ring (bicyclic) bond motifs is 1. The van der Waals surface area contributed by atoms with Crippen LogP contribution in [0.1, 0.15) is 31.0 Å². The minimum atomic E-state index is -0.958. The predicted octanol–water partition coefficient (Wildman–Crippen LogP) is 4.35. The first kappa shape index (κ1) is 21.6. The molecule has 9 heteroatoms. The van der Waals surface area contributed by atoms with Crippen LogP contribution in [-0.4, -0.2) is 40.0 Å². The van der Waals surface area contributed by atoms with Crippen LogP contribution in [0.15, 0.2) is 30.3 Å². The number of nitrogens with one attached hydrogen (secondary N) is 2. The standard InChI is InChI=1S/C23H21F3N4O2/c1-13(31)30-8-6-15(7-9-30)23(32)27-22-11-16-20(28-29-21(16)12-19(22)26)5-3-14-2-4-17(24)18(25)10-14/h2-5,10-12,15H,6-9H2,1H3,(H,27,32)(H,28,29)/b5-3+. The van der Waals surface area contributed by atoms with E-state index in [4.69, 9.17) is 0 Å².